The second-order valence-corrected chi connectivity index (χ2v) is 7.87. The van der Waals surface area contributed by atoms with Crippen molar-refractivity contribution in [3.05, 3.63) is 74.8 Å². The number of piperidine rings is 1. The Kier molecular flexibility index (Phi) is 7.38. The number of nitrogens with one attached hydrogen (secondary N) is 1. The lowest BCUT2D eigenvalue weighted by atomic mass is 9.97. The Morgan fingerprint density at radius 1 is 1.26 bits per heavy atom. The van der Waals surface area contributed by atoms with Crippen LogP contribution in [0.15, 0.2) is 48.5 Å². The molecule has 2 aromatic rings. The number of hydrogen-bond acceptors (Lipinski definition) is 5. The summed E-state index contributed by atoms with van der Waals surface area (Å²) < 4.78 is 0. The Morgan fingerprint density at radius 2 is 2.00 bits per heavy atom. The molecule has 0 aromatic heterocycles. The van der Waals surface area contributed by atoms with E-state index in [2.05, 4.69) is 10.2 Å². The average molecular weight is 443 g/mol. The maximum absolute atomic E-state index is 12.2. The van der Waals surface area contributed by atoms with Crippen molar-refractivity contribution in [2.75, 3.05) is 18.4 Å². The fourth-order valence-corrected chi connectivity index (χ4v) is 3.70. The monoisotopic (exact) mass is 442 g/mol. The van der Waals surface area contributed by atoms with E-state index >= 15 is 0 Å². The molecule has 1 fully saturated rings. The van der Waals surface area contributed by atoms with Crippen LogP contribution in [-0.2, 0) is 16.1 Å². The quantitative estimate of drug-likeness (QED) is 0.386. The van der Waals surface area contributed by atoms with Crippen molar-refractivity contribution < 1.29 is 14.5 Å². The molecule has 0 aliphatic carbocycles. The van der Waals surface area contributed by atoms with Gasteiger partial charge in [0.15, 0.2) is 0 Å². The molecule has 1 saturated heterocycles. The van der Waals surface area contributed by atoms with Gasteiger partial charge in [0.1, 0.15) is 5.02 Å². The third-order valence-corrected chi connectivity index (χ3v) is 5.45. The Hall–Kier alpha value is -3.23. The number of hydrogen-bond donors (Lipinski definition) is 2. The van der Waals surface area contributed by atoms with E-state index in [4.69, 9.17) is 17.3 Å². The third-order valence-electron chi connectivity index (χ3n) is 5.13. The van der Waals surface area contributed by atoms with Crippen LogP contribution in [0.25, 0.3) is 6.08 Å². The molecule has 3 N–H and O–H groups in total. The van der Waals surface area contributed by atoms with Gasteiger partial charge < -0.3 is 11.1 Å². The largest absolute Gasteiger partial charge is 0.369 e. The molecule has 3 rings (SSSR count). The zero-order valence-corrected chi connectivity index (χ0v) is 17.5. The number of halogens is 1. The first-order valence-corrected chi connectivity index (χ1v) is 10.2. The Morgan fingerprint density at radius 3 is 2.68 bits per heavy atom. The molecule has 162 valence electrons. The van der Waals surface area contributed by atoms with E-state index in [1.165, 1.54) is 24.3 Å². The molecule has 8 nitrogen and oxygen atoms in total. The van der Waals surface area contributed by atoms with Gasteiger partial charge in [-0.15, -0.1) is 0 Å². The molecule has 0 spiro atoms. The zero-order chi connectivity index (χ0) is 22.4. The van der Waals surface area contributed by atoms with Crippen molar-refractivity contribution in [3.63, 3.8) is 0 Å². The predicted octanol–water partition coefficient (Wildman–Crippen LogP) is 3.60. The number of nitro groups is 1. The summed E-state index contributed by atoms with van der Waals surface area (Å²) in [5.41, 5.74) is 7.43. The number of nitrogens with zero attached hydrogens (tertiary/aromatic N) is 2. The first-order chi connectivity index (χ1) is 14.8. The zero-order valence-electron chi connectivity index (χ0n) is 16.8. The summed E-state index contributed by atoms with van der Waals surface area (Å²) in [7, 11) is 0. The third kappa shape index (κ3) is 6.37. The number of nitro benzene ring substituents is 1. The van der Waals surface area contributed by atoms with Gasteiger partial charge in [-0.1, -0.05) is 29.8 Å². The number of anilines is 1. The minimum Gasteiger partial charge on any atom is -0.369 e. The molecule has 1 unspecified atom stereocenters. The highest BCUT2D eigenvalue weighted by atomic mass is 35.5. The smallest absolute Gasteiger partial charge is 0.288 e. The molecule has 1 aliphatic heterocycles. The molecule has 0 bridgehead atoms. The van der Waals surface area contributed by atoms with E-state index in [0.717, 1.165) is 24.9 Å². The SMILES string of the molecule is NC(=O)C1CCCN(Cc2ccc(NC(=O)/C=C/c3ccc(Cl)c([N+](=O)[O-])c3)cc2)C1. The molecule has 2 aromatic carbocycles. The second kappa shape index (κ2) is 10.2. The van der Waals surface area contributed by atoms with Crippen molar-refractivity contribution >= 4 is 40.9 Å². The predicted molar refractivity (Wildman–Crippen MR) is 119 cm³/mol. The fourth-order valence-electron chi connectivity index (χ4n) is 3.51. The summed E-state index contributed by atoms with van der Waals surface area (Å²) in [5.74, 6) is -0.698. The van der Waals surface area contributed by atoms with Crippen LogP contribution >= 0.6 is 11.6 Å². The maximum atomic E-state index is 12.2. The van der Waals surface area contributed by atoms with Gasteiger partial charge in [-0.3, -0.25) is 24.6 Å². The van der Waals surface area contributed by atoms with Crippen molar-refractivity contribution in [2.24, 2.45) is 11.7 Å². The van der Waals surface area contributed by atoms with Gasteiger partial charge in [0.05, 0.1) is 10.8 Å². The van der Waals surface area contributed by atoms with Crippen LogP contribution in [0.2, 0.25) is 5.02 Å². The lowest BCUT2D eigenvalue weighted by Crippen LogP contribution is -2.40. The molecular weight excluding hydrogens is 420 g/mol. The Labute approximate surface area is 184 Å². The molecule has 31 heavy (non-hydrogen) atoms. The standard InChI is InChI=1S/C22H23ClN4O4/c23-19-9-5-15(12-20(19)27(30)31)6-10-21(28)25-18-7-3-16(4-8-18)13-26-11-1-2-17(14-26)22(24)29/h3-10,12,17H,1-2,11,13-14H2,(H2,24,29)(H,25,28)/b10-6+. The summed E-state index contributed by atoms with van der Waals surface area (Å²) in [6, 6.07) is 11.8. The van der Waals surface area contributed by atoms with Crippen molar-refractivity contribution in [1.82, 2.24) is 4.90 Å². The number of benzene rings is 2. The highest BCUT2D eigenvalue weighted by Gasteiger charge is 2.23. The van der Waals surface area contributed by atoms with E-state index in [1.807, 2.05) is 24.3 Å². The number of likely N-dealkylation sites (tertiary alicyclic amines) is 1. The molecule has 0 saturated carbocycles. The number of primary amides is 1. The van der Waals surface area contributed by atoms with Crippen LogP contribution in [0.3, 0.4) is 0 Å². The Balaban J connectivity index is 1.55. The van der Waals surface area contributed by atoms with Gasteiger partial charge in [-0.2, -0.15) is 0 Å². The first kappa shape index (κ1) is 22.5. The normalized spacial score (nSPS) is 16.9. The molecular formula is C22H23ClN4O4. The summed E-state index contributed by atoms with van der Waals surface area (Å²) in [6.45, 7) is 2.31. The van der Waals surface area contributed by atoms with Gasteiger partial charge >= 0.3 is 0 Å². The van der Waals surface area contributed by atoms with E-state index in [1.54, 1.807) is 6.07 Å². The summed E-state index contributed by atoms with van der Waals surface area (Å²) in [6.07, 6.45) is 4.58. The molecule has 1 aliphatic rings. The Bertz CT molecular complexity index is 1010. The number of carbonyl (C=O) groups excluding carboxylic acids is 2. The van der Waals surface area contributed by atoms with Crippen molar-refractivity contribution in [3.8, 4) is 0 Å². The van der Waals surface area contributed by atoms with E-state index < -0.39 is 4.92 Å². The van der Waals surface area contributed by atoms with Crippen molar-refractivity contribution in [1.29, 1.82) is 0 Å². The van der Waals surface area contributed by atoms with Crippen LogP contribution in [-0.4, -0.2) is 34.7 Å². The fraction of sp³-hybridized carbons (Fsp3) is 0.273. The lowest BCUT2D eigenvalue weighted by Gasteiger charge is -2.31. The highest BCUT2D eigenvalue weighted by Crippen LogP contribution is 2.25. The van der Waals surface area contributed by atoms with E-state index in [-0.39, 0.29) is 28.4 Å². The second-order valence-electron chi connectivity index (χ2n) is 7.46. The van der Waals surface area contributed by atoms with E-state index in [9.17, 15) is 19.7 Å². The first-order valence-electron chi connectivity index (χ1n) is 9.85. The van der Waals surface area contributed by atoms with Gasteiger partial charge in [-0.25, -0.2) is 0 Å². The van der Waals surface area contributed by atoms with Crippen LogP contribution in [0.5, 0.6) is 0 Å². The molecule has 1 heterocycles. The molecule has 0 radical (unpaired) electrons. The van der Waals surface area contributed by atoms with E-state index in [0.29, 0.717) is 24.3 Å². The number of rotatable bonds is 7. The van der Waals surface area contributed by atoms with Gasteiger partial charge in [0.25, 0.3) is 5.69 Å². The van der Waals surface area contributed by atoms with Gasteiger partial charge in [0.2, 0.25) is 11.8 Å². The maximum Gasteiger partial charge on any atom is 0.288 e. The topological polar surface area (TPSA) is 119 Å². The van der Waals surface area contributed by atoms with Gasteiger partial charge in [0, 0.05) is 30.9 Å². The van der Waals surface area contributed by atoms with Crippen LogP contribution in [0, 0.1) is 16.0 Å². The molecule has 9 heteroatoms. The highest BCUT2D eigenvalue weighted by molar-refractivity contribution is 6.32. The number of carbonyl (C=O) groups is 2. The average Bonchev–Trinajstić information content (AvgIpc) is 2.74. The van der Waals surface area contributed by atoms with Gasteiger partial charge in [-0.05, 0) is 54.8 Å². The van der Waals surface area contributed by atoms with Crippen LogP contribution < -0.4 is 11.1 Å². The minimum absolute atomic E-state index is 0.0430. The number of nitrogens with two attached hydrogens (primary N) is 1. The number of amides is 2. The van der Waals surface area contributed by atoms with Crippen LogP contribution in [0.4, 0.5) is 11.4 Å². The molecule has 1 atom stereocenters. The van der Waals surface area contributed by atoms with Crippen molar-refractivity contribution in [2.45, 2.75) is 19.4 Å². The molecule has 2 amide bonds. The summed E-state index contributed by atoms with van der Waals surface area (Å²) >= 11 is 5.79. The summed E-state index contributed by atoms with van der Waals surface area (Å²) in [4.78, 5) is 36.2. The van der Waals surface area contributed by atoms with Crippen LogP contribution in [0.1, 0.15) is 24.0 Å². The summed E-state index contributed by atoms with van der Waals surface area (Å²) in [5, 5.41) is 13.7. The lowest BCUT2D eigenvalue weighted by molar-refractivity contribution is -0.384. The minimum atomic E-state index is -0.570.